The third-order valence-corrected chi connectivity index (χ3v) is 3.41. The molecule has 0 aliphatic rings. The first-order valence-corrected chi connectivity index (χ1v) is 7.44. The van der Waals surface area contributed by atoms with Gasteiger partial charge in [-0.2, -0.15) is 26.3 Å². The van der Waals surface area contributed by atoms with E-state index in [1.54, 1.807) is 0 Å². The van der Waals surface area contributed by atoms with Crippen LogP contribution in [0.4, 0.5) is 26.3 Å². The van der Waals surface area contributed by atoms with E-state index in [1.807, 2.05) is 0 Å². The van der Waals surface area contributed by atoms with E-state index >= 15 is 0 Å². The molecule has 1 aromatic heterocycles. The number of carbonyl (C=O) groups excluding carboxylic acids is 2. The van der Waals surface area contributed by atoms with Crippen LogP contribution in [0.2, 0.25) is 0 Å². The molecule has 0 saturated carbocycles. The second-order valence-electron chi connectivity index (χ2n) is 5.37. The zero-order valence-electron chi connectivity index (χ0n) is 14.0. The molecule has 1 heterocycles. The van der Waals surface area contributed by atoms with Gasteiger partial charge in [-0.3, -0.25) is 14.6 Å². The molecule has 0 aliphatic carbocycles. The highest BCUT2D eigenvalue weighted by molar-refractivity contribution is 5.92. The van der Waals surface area contributed by atoms with E-state index in [1.165, 1.54) is 0 Å². The van der Waals surface area contributed by atoms with Crippen LogP contribution in [0.15, 0.2) is 36.5 Å². The first-order chi connectivity index (χ1) is 12.9. The van der Waals surface area contributed by atoms with Crippen LogP contribution in [-0.2, 0) is 26.7 Å². The van der Waals surface area contributed by atoms with Crippen molar-refractivity contribution in [1.29, 1.82) is 0 Å². The Labute approximate surface area is 153 Å². The van der Waals surface area contributed by atoms with E-state index < -0.39 is 42.0 Å². The predicted octanol–water partition coefficient (Wildman–Crippen LogP) is 4.25. The Morgan fingerprint density at radius 2 is 1.64 bits per heavy atom. The average Bonchev–Trinajstić information content (AvgIpc) is 2.60. The van der Waals surface area contributed by atoms with Crippen molar-refractivity contribution in [2.75, 3.05) is 7.11 Å². The van der Waals surface area contributed by atoms with E-state index in [-0.39, 0.29) is 16.9 Å². The number of hydrogen-bond acceptors (Lipinski definition) is 5. The number of nitrogens with zero attached hydrogens (tertiary/aromatic N) is 1. The zero-order chi connectivity index (χ0) is 21.1. The maximum atomic E-state index is 13.0. The lowest BCUT2D eigenvalue weighted by Crippen LogP contribution is -2.15. The lowest BCUT2D eigenvalue weighted by molar-refractivity contribution is -0.148. The van der Waals surface area contributed by atoms with Crippen molar-refractivity contribution in [3.8, 4) is 16.9 Å². The highest BCUT2D eigenvalue weighted by Gasteiger charge is 2.33. The number of halogens is 6. The minimum absolute atomic E-state index is 0.153. The Bertz CT molecular complexity index is 875. The van der Waals surface area contributed by atoms with E-state index in [0.717, 1.165) is 19.2 Å². The number of hydrogen-bond donors (Lipinski definition) is 0. The van der Waals surface area contributed by atoms with Gasteiger partial charge in [0.25, 0.3) is 0 Å². The highest BCUT2D eigenvalue weighted by Crippen LogP contribution is 2.38. The quantitative estimate of drug-likeness (QED) is 0.328. The summed E-state index contributed by atoms with van der Waals surface area (Å²) in [6, 6.07) is 3.52. The zero-order valence-corrected chi connectivity index (χ0v) is 14.0. The summed E-state index contributed by atoms with van der Waals surface area (Å²) in [7, 11) is 1.02. The molecule has 0 saturated heterocycles. The second-order valence-corrected chi connectivity index (χ2v) is 5.37. The largest absolute Gasteiger partial charge is 0.469 e. The molecular formula is C17H11F6NO4. The van der Waals surface area contributed by atoms with Crippen LogP contribution in [0.25, 0.3) is 11.1 Å². The molecule has 0 amide bonds. The Hall–Kier alpha value is -3.11. The van der Waals surface area contributed by atoms with Crippen LogP contribution in [0.5, 0.6) is 5.75 Å². The Morgan fingerprint density at radius 1 is 0.964 bits per heavy atom. The molecule has 0 radical (unpaired) electrons. The van der Waals surface area contributed by atoms with E-state index in [9.17, 15) is 35.9 Å². The molecule has 0 N–H and O–H groups in total. The molecule has 0 fully saturated rings. The van der Waals surface area contributed by atoms with Gasteiger partial charge in [-0.25, -0.2) is 0 Å². The van der Waals surface area contributed by atoms with Gasteiger partial charge < -0.3 is 9.47 Å². The number of ether oxygens (including phenoxy) is 2. The fourth-order valence-electron chi connectivity index (χ4n) is 2.09. The van der Waals surface area contributed by atoms with E-state index in [4.69, 9.17) is 4.74 Å². The lowest BCUT2D eigenvalue weighted by atomic mass is 10.0. The van der Waals surface area contributed by atoms with Crippen molar-refractivity contribution in [1.82, 2.24) is 4.98 Å². The summed E-state index contributed by atoms with van der Waals surface area (Å²) < 4.78 is 86.0. The molecule has 150 valence electrons. The summed E-state index contributed by atoms with van der Waals surface area (Å²) >= 11 is 0. The molecule has 5 nitrogen and oxygen atoms in total. The van der Waals surface area contributed by atoms with Crippen molar-refractivity contribution in [2.24, 2.45) is 0 Å². The van der Waals surface area contributed by atoms with Crippen LogP contribution in [0.1, 0.15) is 17.7 Å². The normalized spacial score (nSPS) is 11.8. The molecule has 0 atom stereocenters. The summed E-state index contributed by atoms with van der Waals surface area (Å²) in [5, 5.41) is 0. The number of rotatable bonds is 4. The SMILES string of the molecule is COC(=O)CC(=O)Oc1ccc(C(F)(F)F)cc1-c1ccc(C(F)(F)F)nc1. The molecule has 0 bridgehead atoms. The summed E-state index contributed by atoms with van der Waals surface area (Å²) in [5.41, 5.74) is -2.84. The molecule has 2 rings (SSSR count). The van der Waals surface area contributed by atoms with Crippen LogP contribution < -0.4 is 4.74 Å². The van der Waals surface area contributed by atoms with Gasteiger partial charge in [-0.1, -0.05) is 6.07 Å². The van der Waals surface area contributed by atoms with Crippen molar-refractivity contribution in [3.63, 3.8) is 0 Å². The number of aromatic nitrogens is 1. The Balaban J connectivity index is 2.46. The van der Waals surface area contributed by atoms with Crippen molar-refractivity contribution in [2.45, 2.75) is 18.8 Å². The maximum Gasteiger partial charge on any atom is 0.433 e. The van der Waals surface area contributed by atoms with Gasteiger partial charge in [0.2, 0.25) is 0 Å². The summed E-state index contributed by atoms with van der Waals surface area (Å²) in [6.45, 7) is 0. The van der Waals surface area contributed by atoms with Crippen LogP contribution >= 0.6 is 0 Å². The van der Waals surface area contributed by atoms with Crippen molar-refractivity contribution >= 4 is 11.9 Å². The minimum atomic E-state index is -4.75. The van der Waals surface area contributed by atoms with Crippen LogP contribution in [0.3, 0.4) is 0 Å². The van der Waals surface area contributed by atoms with Gasteiger partial charge >= 0.3 is 24.3 Å². The van der Waals surface area contributed by atoms with Gasteiger partial charge in [-0.05, 0) is 24.3 Å². The molecule has 1 aromatic carbocycles. The monoisotopic (exact) mass is 407 g/mol. The summed E-state index contributed by atoms with van der Waals surface area (Å²) in [5.74, 6) is -2.44. The minimum Gasteiger partial charge on any atom is -0.469 e. The number of methoxy groups -OCH3 is 1. The predicted molar refractivity (Wildman–Crippen MR) is 81.9 cm³/mol. The third kappa shape index (κ3) is 5.21. The number of carbonyl (C=O) groups is 2. The molecule has 0 unspecified atom stereocenters. The topological polar surface area (TPSA) is 65.5 Å². The molecule has 28 heavy (non-hydrogen) atoms. The third-order valence-electron chi connectivity index (χ3n) is 3.41. The van der Waals surface area contributed by atoms with E-state index in [0.29, 0.717) is 24.4 Å². The van der Waals surface area contributed by atoms with Gasteiger partial charge in [0.05, 0.1) is 12.7 Å². The van der Waals surface area contributed by atoms with Crippen LogP contribution in [-0.4, -0.2) is 24.0 Å². The summed E-state index contributed by atoms with van der Waals surface area (Å²) in [6.07, 6.45) is -9.58. The van der Waals surface area contributed by atoms with Gasteiger partial charge in [0.15, 0.2) is 0 Å². The first-order valence-electron chi connectivity index (χ1n) is 7.44. The molecule has 0 spiro atoms. The number of esters is 2. The fourth-order valence-corrected chi connectivity index (χ4v) is 2.09. The number of alkyl halides is 6. The second kappa shape index (κ2) is 7.87. The number of benzene rings is 1. The number of pyridine rings is 1. The van der Waals surface area contributed by atoms with Crippen molar-refractivity contribution < 1.29 is 45.4 Å². The fraction of sp³-hybridized carbons (Fsp3) is 0.235. The Morgan fingerprint density at radius 3 is 2.14 bits per heavy atom. The van der Waals surface area contributed by atoms with Gasteiger partial charge in [0, 0.05) is 17.3 Å². The van der Waals surface area contributed by atoms with Gasteiger partial charge in [-0.15, -0.1) is 0 Å². The summed E-state index contributed by atoms with van der Waals surface area (Å²) in [4.78, 5) is 26.0. The molecular weight excluding hydrogens is 396 g/mol. The van der Waals surface area contributed by atoms with Crippen molar-refractivity contribution in [3.05, 3.63) is 47.8 Å². The standard InChI is InChI=1S/C17H11F6NO4/c1-27-14(25)7-15(26)28-12-4-3-10(16(18,19)20)6-11(12)9-2-5-13(24-8-9)17(21,22)23/h2-6,8H,7H2,1H3. The highest BCUT2D eigenvalue weighted by atomic mass is 19.4. The van der Waals surface area contributed by atoms with Gasteiger partial charge in [0.1, 0.15) is 17.9 Å². The van der Waals surface area contributed by atoms with Crippen LogP contribution in [0, 0.1) is 0 Å². The smallest absolute Gasteiger partial charge is 0.433 e. The first kappa shape index (κ1) is 21.2. The molecule has 2 aromatic rings. The van der Waals surface area contributed by atoms with E-state index in [2.05, 4.69) is 9.72 Å². The average molecular weight is 407 g/mol. The lowest BCUT2D eigenvalue weighted by Gasteiger charge is -2.14. The maximum absolute atomic E-state index is 13.0. The Kier molecular flexibility index (Phi) is 5.95. The molecule has 11 heteroatoms. The molecule has 0 aliphatic heterocycles.